The molecule has 1 aliphatic carbocycles. The van der Waals surface area contributed by atoms with Gasteiger partial charge in [-0.25, -0.2) is 27.6 Å². The Hall–Kier alpha value is -4.88. The molecule has 2 amide bonds. The largest absolute Gasteiger partial charge is 0.441 e. The summed E-state index contributed by atoms with van der Waals surface area (Å²) in [6.07, 6.45) is -0.227. The highest BCUT2D eigenvalue weighted by molar-refractivity contribution is 5.97. The molecule has 3 aromatic heterocycles. The number of nitrogens with one attached hydrogen (secondary N) is 2. The number of alkyl halides is 2. The fourth-order valence-corrected chi connectivity index (χ4v) is 4.30. The smallest absolute Gasteiger partial charge is 0.413 e. The van der Waals surface area contributed by atoms with Gasteiger partial charge in [0.05, 0.1) is 35.3 Å². The van der Waals surface area contributed by atoms with Gasteiger partial charge in [0.1, 0.15) is 17.8 Å². The van der Waals surface area contributed by atoms with Gasteiger partial charge in [0, 0.05) is 7.05 Å². The number of carbonyl (C=O) groups is 2. The van der Waals surface area contributed by atoms with Crippen molar-refractivity contribution in [1.82, 2.24) is 25.0 Å². The first-order valence-corrected chi connectivity index (χ1v) is 11.9. The summed E-state index contributed by atoms with van der Waals surface area (Å²) >= 11 is 0. The number of amides is 2. The number of carbonyl (C=O) groups excluding carboxylic acids is 2. The molecular weight excluding hydrogens is 534 g/mol. The number of halogens is 4. The van der Waals surface area contributed by atoms with Gasteiger partial charge in [-0.1, -0.05) is 35.5 Å². The van der Waals surface area contributed by atoms with Gasteiger partial charge in [-0.3, -0.25) is 15.1 Å². The van der Waals surface area contributed by atoms with Gasteiger partial charge in [-0.15, -0.1) is 5.10 Å². The maximum atomic E-state index is 14.4. The number of hydrogen-bond acceptors (Lipinski definition) is 7. The lowest BCUT2D eigenvalue weighted by Gasteiger charge is -2.15. The highest BCUT2D eigenvalue weighted by Crippen LogP contribution is 2.61. The van der Waals surface area contributed by atoms with Crippen LogP contribution in [0.5, 0.6) is 0 Å². The minimum atomic E-state index is -3.16. The normalized spacial score (nSPS) is 18.1. The van der Waals surface area contributed by atoms with Gasteiger partial charge >= 0.3 is 6.09 Å². The standard InChI is InChI=1S/C26H21F4N7O3/c1-13(17-10-15(27)11-32-22(17)28)40-25(39)34-23-21(35-36-37(23)2)18-9-8-16(12-31-18)33-24(38)20-19(26(20,29)30)14-6-4-3-5-7-14/h3-13,19-20H,1-2H3,(H,33,38)(H,34,39)/t13-,19+,20-/m1/s1. The van der Waals surface area contributed by atoms with Crippen molar-refractivity contribution in [2.24, 2.45) is 13.0 Å². The van der Waals surface area contributed by atoms with Crippen LogP contribution in [0.4, 0.5) is 33.9 Å². The number of ether oxygens (including phenoxy) is 1. The van der Waals surface area contributed by atoms with Gasteiger partial charge in [0.2, 0.25) is 11.9 Å². The maximum absolute atomic E-state index is 14.4. The van der Waals surface area contributed by atoms with Crippen LogP contribution in [0, 0.1) is 17.7 Å². The molecule has 0 radical (unpaired) electrons. The molecule has 40 heavy (non-hydrogen) atoms. The molecule has 0 unspecified atom stereocenters. The van der Waals surface area contributed by atoms with E-state index >= 15 is 0 Å². The van der Waals surface area contributed by atoms with E-state index in [0.29, 0.717) is 11.8 Å². The van der Waals surface area contributed by atoms with Crippen molar-refractivity contribution < 1.29 is 31.9 Å². The van der Waals surface area contributed by atoms with Crippen LogP contribution in [0.2, 0.25) is 0 Å². The number of aromatic nitrogens is 5. The molecule has 5 rings (SSSR count). The highest BCUT2D eigenvalue weighted by Gasteiger charge is 2.72. The van der Waals surface area contributed by atoms with E-state index in [9.17, 15) is 27.2 Å². The molecule has 1 aliphatic rings. The summed E-state index contributed by atoms with van der Waals surface area (Å²) < 4.78 is 62.5. The summed E-state index contributed by atoms with van der Waals surface area (Å²) in [5.41, 5.74) is 0.669. The first-order valence-electron chi connectivity index (χ1n) is 11.9. The lowest BCUT2D eigenvalue weighted by Crippen LogP contribution is -2.19. The predicted octanol–water partition coefficient (Wildman–Crippen LogP) is 4.85. The number of aryl methyl sites for hydroxylation is 1. The van der Waals surface area contributed by atoms with E-state index in [0.717, 1.165) is 6.07 Å². The summed E-state index contributed by atoms with van der Waals surface area (Å²) in [6.45, 7) is 1.34. The second-order valence-corrected chi connectivity index (χ2v) is 9.08. The minimum absolute atomic E-state index is 0.0719. The van der Waals surface area contributed by atoms with Crippen LogP contribution in [-0.2, 0) is 16.6 Å². The minimum Gasteiger partial charge on any atom is -0.441 e. The Labute approximate surface area is 224 Å². The molecular formula is C26H21F4N7O3. The molecule has 1 saturated carbocycles. The molecule has 206 valence electrons. The monoisotopic (exact) mass is 555 g/mol. The van der Waals surface area contributed by atoms with Crippen molar-refractivity contribution >= 4 is 23.5 Å². The molecule has 14 heteroatoms. The third kappa shape index (κ3) is 5.19. The summed E-state index contributed by atoms with van der Waals surface area (Å²) in [6, 6.07) is 11.9. The molecule has 3 heterocycles. The van der Waals surface area contributed by atoms with Gasteiger partial charge in [0.15, 0.2) is 11.5 Å². The van der Waals surface area contributed by atoms with Crippen LogP contribution in [0.25, 0.3) is 11.4 Å². The fourth-order valence-electron chi connectivity index (χ4n) is 4.30. The number of anilines is 2. The Bertz CT molecular complexity index is 1560. The lowest BCUT2D eigenvalue weighted by molar-refractivity contribution is -0.119. The van der Waals surface area contributed by atoms with E-state index in [1.165, 1.54) is 37.0 Å². The van der Waals surface area contributed by atoms with Gasteiger partial charge in [-0.05, 0) is 30.7 Å². The van der Waals surface area contributed by atoms with E-state index in [1.807, 2.05) is 0 Å². The fraction of sp³-hybridized carbons (Fsp3) is 0.231. The number of pyridine rings is 2. The molecule has 1 fully saturated rings. The quantitative estimate of drug-likeness (QED) is 0.247. The number of hydrogen-bond donors (Lipinski definition) is 2. The number of benzene rings is 1. The Morgan fingerprint density at radius 2 is 1.80 bits per heavy atom. The molecule has 10 nitrogen and oxygen atoms in total. The Balaban J connectivity index is 1.25. The van der Waals surface area contributed by atoms with E-state index in [4.69, 9.17) is 4.74 Å². The van der Waals surface area contributed by atoms with E-state index < -0.39 is 47.6 Å². The molecule has 0 bridgehead atoms. The van der Waals surface area contributed by atoms with Crippen molar-refractivity contribution in [3.8, 4) is 11.4 Å². The molecule has 2 N–H and O–H groups in total. The Morgan fingerprint density at radius 1 is 1.05 bits per heavy atom. The molecule has 0 spiro atoms. The van der Waals surface area contributed by atoms with Crippen LogP contribution in [0.1, 0.15) is 30.1 Å². The lowest BCUT2D eigenvalue weighted by atomic mass is 10.1. The van der Waals surface area contributed by atoms with Gasteiger partial charge < -0.3 is 10.1 Å². The molecule has 4 aromatic rings. The van der Waals surface area contributed by atoms with Crippen LogP contribution in [-0.4, -0.2) is 42.9 Å². The SMILES string of the molecule is C[C@@H](OC(=O)Nc1c(-c2ccc(NC(=O)[C@H]3[C@H](c4ccccc4)C3(F)F)cn2)nnn1C)c1cc(F)cnc1F. The van der Waals surface area contributed by atoms with Crippen molar-refractivity contribution in [2.45, 2.75) is 24.9 Å². The summed E-state index contributed by atoms with van der Waals surface area (Å²) in [5, 5.41) is 12.7. The van der Waals surface area contributed by atoms with Gasteiger partial charge in [0.25, 0.3) is 5.92 Å². The number of rotatable bonds is 7. The highest BCUT2D eigenvalue weighted by atomic mass is 19.3. The van der Waals surface area contributed by atoms with Crippen molar-refractivity contribution in [3.05, 3.63) is 83.8 Å². The zero-order chi connectivity index (χ0) is 28.6. The number of nitrogens with zero attached hydrogens (tertiary/aromatic N) is 5. The van der Waals surface area contributed by atoms with Crippen molar-refractivity contribution in [3.63, 3.8) is 0 Å². The maximum Gasteiger partial charge on any atom is 0.413 e. The second-order valence-electron chi connectivity index (χ2n) is 9.08. The van der Waals surface area contributed by atoms with Crippen LogP contribution in [0.15, 0.2) is 60.9 Å². The third-order valence-corrected chi connectivity index (χ3v) is 6.37. The summed E-state index contributed by atoms with van der Waals surface area (Å²) in [5.74, 6) is -8.41. The predicted molar refractivity (Wildman–Crippen MR) is 133 cm³/mol. The molecule has 1 aromatic carbocycles. The topological polar surface area (TPSA) is 124 Å². The van der Waals surface area contributed by atoms with E-state index in [1.54, 1.807) is 30.3 Å². The zero-order valence-corrected chi connectivity index (χ0v) is 21.0. The molecule has 3 atom stereocenters. The average molecular weight is 555 g/mol. The van der Waals surface area contributed by atoms with Crippen LogP contribution < -0.4 is 10.6 Å². The molecule has 0 aliphatic heterocycles. The first-order chi connectivity index (χ1) is 19.1. The van der Waals surface area contributed by atoms with Crippen molar-refractivity contribution in [1.29, 1.82) is 0 Å². The summed E-state index contributed by atoms with van der Waals surface area (Å²) in [4.78, 5) is 32.5. The van der Waals surface area contributed by atoms with Gasteiger partial charge in [-0.2, -0.15) is 4.39 Å². The van der Waals surface area contributed by atoms with Crippen molar-refractivity contribution in [2.75, 3.05) is 10.6 Å². The zero-order valence-electron chi connectivity index (χ0n) is 21.0. The average Bonchev–Trinajstić information content (AvgIpc) is 3.34. The van der Waals surface area contributed by atoms with Crippen LogP contribution in [0.3, 0.4) is 0 Å². The molecule has 0 saturated heterocycles. The Morgan fingerprint density at radius 3 is 2.50 bits per heavy atom. The van der Waals surface area contributed by atoms with E-state index in [-0.39, 0.29) is 28.5 Å². The summed E-state index contributed by atoms with van der Waals surface area (Å²) in [7, 11) is 1.49. The third-order valence-electron chi connectivity index (χ3n) is 6.37. The van der Waals surface area contributed by atoms with E-state index in [2.05, 4.69) is 30.9 Å². The second kappa shape index (κ2) is 10.4. The first kappa shape index (κ1) is 26.7. The Kier molecular flexibility index (Phi) is 6.92. The van der Waals surface area contributed by atoms with Crippen LogP contribution >= 0.6 is 0 Å².